The summed E-state index contributed by atoms with van der Waals surface area (Å²) in [5, 5.41) is 24.9. The Hall–Kier alpha value is -2.38. The standard InChI is InChI=1S/C8H8O8/c9-5(10)1-4(8(14)15)2-7(13)16-3-6(11)12/h2H,1,3H2,(H,9,10)(H,11,12)(H,14,15). The van der Waals surface area contributed by atoms with Gasteiger partial charge in [0.25, 0.3) is 0 Å². The molecule has 0 aliphatic carbocycles. The number of hydrogen-bond acceptors (Lipinski definition) is 5. The van der Waals surface area contributed by atoms with E-state index >= 15 is 0 Å². The molecule has 0 bridgehead atoms. The fraction of sp³-hybridized carbons (Fsp3) is 0.250. The molecule has 0 aromatic carbocycles. The predicted octanol–water partition coefficient (Wildman–Crippen LogP) is -0.900. The number of carboxylic acids is 3. The van der Waals surface area contributed by atoms with Crippen LogP contribution in [-0.4, -0.2) is 45.8 Å². The number of rotatable bonds is 6. The Morgan fingerprint density at radius 2 is 1.56 bits per heavy atom. The number of carbonyl (C=O) groups excluding carboxylic acids is 1. The fourth-order valence-electron chi connectivity index (χ4n) is 0.668. The van der Waals surface area contributed by atoms with Crippen LogP contribution in [0.1, 0.15) is 6.42 Å². The summed E-state index contributed by atoms with van der Waals surface area (Å²) >= 11 is 0. The molecule has 0 unspecified atom stereocenters. The molecule has 8 heteroatoms. The van der Waals surface area contributed by atoms with Crippen molar-refractivity contribution in [1.29, 1.82) is 0 Å². The van der Waals surface area contributed by atoms with E-state index in [0.717, 1.165) is 0 Å². The van der Waals surface area contributed by atoms with Crippen molar-refractivity contribution in [3.63, 3.8) is 0 Å². The van der Waals surface area contributed by atoms with E-state index in [1.807, 2.05) is 0 Å². The van der Waals surface area contributed by atoms with Gasteiger partial charge in [-0.3, -0.25) is 4.79 Å². The third-order valence-corrected chi connectivity index (χ3v) is 1.25. The highest BCUT2D eigenvalue weighted by molar-refractivity contribution is 5.98. The van der Waals surface area contributed by atoms with Crippen LogP contribution in [0.4, 0.5) is 0 Å². The molecule has 0 saturated heterocycles. The van der Waals surface area contributed by atoms with Gasteiger partial charge in [0.05, 0.1) is 12.0 Å². The van der Waals surface area contributed by atoms with Crippen molar-refractivity contribution in [2.24, 2.45) is 0 Å². The summed E-state index contributed by atoms with van der Waals surface area (Å²) in [7, 11) is 0. The van der Waals surface area contributed by atoms with E-state index in [4.69, 9.17) is 15.3 Å². The summed E-state index contributed by atoms with van der Waals surface area (Å²) in [6, 6.07) is 0. The van der Waals surface area contributed by atoms with Crippen molar-refractivity contribution in [3.8, 4) is 0 Å². The first-order valence-electron chi connectivity index (χ1n) is 3.87. The van der Waals surface area contributed by atoms with Gasteiger partial charge in [-0.25, -0.2) is 14.4 Å². The van der Waals surface area contributed by atoms with Gasteiger partial charge in [0.2, 0.25) is 0 Å². The average molecular weight is 232 g/mol. The van der Waals surface area contributed by atoms with Crippen molar-refractivity contribution >= 4 is 23.9 Å². The summed E-state index contributed by atoms with van der Waals surface area (Å²) in [6.45, 7) is -0.921. The van der Waals surface area contributed by atoms with Gasteiger partial charge in [-0.2, -0.15) is 0 Å². The van der Waals surface area contributed by atoms with Crippen LogP contribution in [0.15, 0.2) is 11.6 Å². The molecule has 0 atom stereocenters. The number of ether oxygens (including phenoxy) is 1. The van der Waals surface area contributed by atoms with Crippen LogP contribution < -0.4 is 0 Å². The number of carbonyl (C=O) groups is 4. The highest BCUT2D eigenvalue weighted by atomic mass is 16.5. The van der Waals surface area contributed by atoms with Gasteiger partial charge >= 0.3 is 23.9 Å². The smallest absolute Gasteiger partial charge is 0.341 e. The minimum atomic E-state index is -1.59. The molecule has 0 spiro atoms. The van der Waals surface area contributed by atoms with E-state index in [1.54, 1.807) is 0 Å². The molecule has 3 N–H and O–H groups in total. The van der Waals surface area contributed by atoms with Crippen LogP contribution in [-0.2, 0) is 23.9 Å². The van der Waals surface area contributed by atoms with Gasteiger partial charge in [0.15, 0.2) is 6.61 Å². The Morgan fingerprint density at radius 1 is 1.00 bits per heavy atom. The van der Waals surface area contributed by atoms with E-state index in [2.05, 4.69) is 4.74 Å². The molecular weight excluding hydrogens is 224 g/mol. The quantitative estimate of drug-likeness (QED) is 0.395. The lowest BCUT2D eigenvalue weighted by Gasteiger charge is -1.99. The number of hydrogen-bond donors (Lipinski definition) is 3. The van der Waals surface area contributed by atoms with Crippen molar-refractivity contribution in [1.82, 2.24) is 0 Å². The van der Waals surface area contributed by atoms with Crippen LogP contribution in [0.25, 0.3) is 0 Å². The van der Waals surface area contributed by atoms with Crippen molar-refractivity contribution in [3.05, 3.63) is 11.6 Å². The maximum atomic E-state index is 10.8. The first-order valence-corrected chi connectivity index (χ1v) is 3.87. The zero-order chi connectivity index (χ0) is 12.7. The Morgan fingerprint density at radius 3 is 1.94 bits per heavy atom. The van der Waals surface area contributed by atoms with E-state index in [9.17, 15) is 19.2 Å². The summed E-state index contributed by atoms with van der Waals surface area (Å²) in [4.78, 5) is 41.5. The minimum Gasteiger partial charge on any atom is -0.481 e. The molecule has 0 aliphatic rings. The molecule has 16 heavy (non-hydrogen) atoms. The molecule has 0 aromatic rings. The molecule has 88 valence electrons. The molecule has 0 rings (SSSR count). The largest absolute Gasteiger partial charge is 0.481 e. The maximum absolute atomic E-state index is 10.8. The summed E-state index contributed by atoms with van der Waals surface area (Å²) in [6.07, 6.45) is -0.434. The van der Waals surface area contributed by atoms with Crippen LogP contribution in [0, 0.1) is 0 Å². The third-order valence-electron chi connectivity index (χ3n) is 1.25. The topological polar surface area (TPSA) is 138 Å². The molecule has 0 fully saturated rings. The molecule has 0 heterocycles. The van der Waals surface area contributed by atoms with E-state index in [1.165, 1.54) is 0 Å². The monoisotopic (exact) mass is 232 g/mol. The number of carboxylic acid groups (broad SMARTS) is 3. The Labute approximate surface area is 88.7 Å². The molecule has 0 aromatic heterocycles. The second-order valence-electron chi connectivity index (χ2n) is 2.55. The normalized spacial score (nSPS) is 10.6. The lowest BCUT2D eigenvalue weighted by Crippen LogP contribution is -2.14. The van der Waals surface area contributed by atoms with Gasteiger partial charge in [0, 0.05) is 6.08 Å². The van der Waals surface area contributed by atoms with Crippen LogP contribution in [0.5, 0.6) is 0 Å². The minimum absolute atomic E-state index is 0.430. The van der Waals surface area contributed by atoms with Gasteiger partial charge in [-0.15, -0.1) is 0 Å². The summed E-state index contributed by atoms with van der Waals surface area (Å²) in [5.41, 5.74) is -0.692. The lowest BCUT2D eigenvalue weighted by molar-refractivity contribution is -0.152. The van der Waals surface area contributed by atoms with E-state index < -0.39 is 42.5 Å². The molecule has 0 amide bonds. The van der Waals surface area contributed by atoms with Crippen LogP contribution in [0.3, 0.4) is 0 Å². The van der Waals surface area contributed by atoms with Crippen LogP contribution >= 0.6 is 0 Å². The first kappa shape index (κ1) is 13.6. The first-order chi connectivity index (χ1) is 7.32. The predicted molar refractivity (Wildman–Crippen MR) is 46.6 cm³/mol. The van der Waals surface area contributed by atoms with Gasteiger partial charge in [0.1, 0.15) is 0 Å². The molecule has 0 radical (unpaired) electrons. The van der Waals surface area contributed by atoms with Gasteiger partial charge in [-0.1, -0.05) is 0 Å². The summed E-state index contributed by atoms with van der Waals surface area (Å²) < 4.78 is 4.09. The zero-order valence-corrected chi connectivity index (χ0v) is 7.87. The summed E-state index contributed by atoms with van der Waals surface area (Å²) in [5.74, 6) is -5.65. The van der Waals surface area contributed by atoms with E-state index in [-0.39, 0.29) is 0 Å². The van der Waals surface area contributed by atoms with Crippen molar-refractivity contribution in [2.75, 3.05) is 6.61 Å². The highest BCUT2D eigenvalue weighted by Gasteiger charge is 2.14. The number of esters is 1. The lowest BCUT2D eigenvalue weighted by atomic mass is 10.2. The second-order valence-corrected chi connectivity index (χ2v) is 2.55. The van der Waals surface area contributed by atoms with Gasteiger partial charge in [-0.05, 0) is 0 Å². The zero-order valence-electron chi connectivity index (χ0n) is 7.87. The maximum Gasteiger partial charge on any atom is 0.341 e. The van der Waals surface area contributed by atoms with Crippen LogP contribution in [0.2, 0.25) is 0 Å². The highest BCUT2D eigenvalue weighted by Crippen LogP contribution is 2.02. The SMILES string of the molecule is O=C(O)COC(=O)C=C(CC(=O)O)C(=O)O. The Bertz CT molecular complexity index is 353. The number of aliphatic carboxylic acids is 3. The van der Waals surface area contributed by atoms with Gasteiger partial charge < -0.3 is 20.1 Å². The molecule has 0 aliphatic heterocycles. The van der Waals surface area contributed by atoms with Crippen molar-refractivity contribution < 1.29 is 39.2 Å². The van der Waals surface area contributed by atoms with Crippen molar-refractivity contribution in [2.45, 2.75) is 6.42 Å². The average Bonchev–Trinajstić information content (AvgIpc) is 2.12. The van der Waals surface area contributed by atoms with E-state index in [0.29, 0.717) is 6.08 Å². The Kier molecular flexibility index (Phi) is 5.25. The molecule has 0 saturated carbocycles. The Balaban J connectivity index is 4.53. The molecular formula is C8H8O8. The molecule has 8 nitrogen and oxygen atoms in total. The third kappa shape index (κ3) is 6.13. The fourth-order valence-corrected chi connectivity index (χ4v) is 0.668. The second kappa shape index (κ2) is 6.17.